The lowest BCUT2D eigenvalue weighted by Gasteiger charge is -2.38. The highest BCUT2D eigenvalue weighted by Gasteiger charge is 2.41. The van der Waals surface area contributed by atoms with Gasteiger partial charge in [0.1, 0.15) is 0 Å². The number of methoxy groups -OCH3 is 1. The molecule has 0 spiro atoms. The molecule has 1 aromatic carbocycles. The Morgan fingerprint density at radius 2 is 1.91 bits per heavy atom. The van der Waals surface area contributed by atoms with Crippen molar-refractivity contribution in [1.29, 1.82) is 0 Å². The predicted octanol–water partition coefficient (Wildman–Crippen LogP) is 0.455. The van der Waals surface area contributed by atoms with Gasteiger partial charge in [-0.3, -0.25) is 0 Å². The number of carbonyl (C=O) groups is 1. The minimum absolute atomic E-state index is 0.0193. The number of benzene rings is 1. The molecule has 8 heteroatoms. The van der Waals surface area contributed by atoms with Crippen LogP contribution in [0.2, 0.25) is 0 Å². The number of aliphatic hydroxyl groups is 1. The van der Waals surface area contributed by atoms with Crippen LogP contribution in [-0.2, 0) is 9.39 Å². The van der Waals surface area contributed by atoms with E-state index < -0.39 is 24.3 Å². The Morgan fingerprint density at radius 3 is 2.48 bits per heavy atom. The molecule has 0 unspecified atom stereocenters. The molecule has 0 aliphatic carbocycles. The molecule has 2 N–H and O–H groups in total. The molecule has 1 aromatic rings. The summed E-state index contributed by atoms with van der Waals surface area (Å²) in [5.74, 6) is 0.0572. The summed E-state index contributed by atoms with van der Waals surface area (Å²) in [5, 5.41) is 20.6. The molecule has 0 fully saturated rings. The number of rotatable bonds is 5. The van der Waals surface area contributed by atoms with Gasteiger partial charge in [0.15, 0.2) is 11.5 Å². The van der Waals surface area contributed by atoms with Gasteiger partial charge in [-0.1, -0.05) is 0 Å². The molecule has 1 aliphatic rings. The second-order valence-electron chi connectivity index (χ2n) is 6.33. The first-order valence-electron chi connectivity index (χ1n) is 7.17. The van der Waals surface area contributed by atoms with Gasteiger partial charge in [0, 0.05) is 5.46 Å². The van der Waals surface area contributed by atoms with E-state index in [4.69, 9.17) is 14.1 Å². The van der Waals surface area contributed by atoms with E-state index in [9.17, 15) is 14.9 Å². The fourth-order valence-corrected chi connectivity index (χ4v) is 1.94. The highest BCUT2D eigenvalue weighted by atomic mass is 16.7. The van der Waals surface area contributed by atoms with Gasteiger partial charge in [-0.2, -0.15) is 0 Å². The molecule has 7 nitrogen and oxygen atoms in total. The standard InChI is InChI=1S/C15H21BO7/c1-14(2,18)15(3,4)23-16(19)10-6-9(13(17)20-5)7-11-12(10)22-8-21-11/h6-7,18-19H,8H2,1-5H3. The summed E-state index contributed by atoms with van der Waals surface area (Å²) < 4.78 is 20.9. The number of hydrogen-bond donors (Lipinski definition) is 2. The van der Waals surface area contributed by atoms with E-state index in [1.807, 2.05) is 0 Å². The average molecular weight is 324 g/mol. The first kappa shape index (κ1) is 17.6. The average Bonchev–Trinajstić information content (AvgIpc) is 2.91. The van der Waals surface area contributed by atoms with Gasteiger partial charge < -0.3 is 29.0 Å². The Bertz CT molecular complexity index is 607. The summed E-state index contributed by atoms with van der Waals surface area (Å²) in [5.41, 5.74) is -1.82. The van der Waals surface area contributed by atoms with Crippen LogP contribution in [0.15, 0.2) is 12.1 Å². The first-order valence-corrected chi connectivity index (χ1v) is 7.17. The number of ether oxygens (including phenoxy) is 3. The number of fused-ring (bicyclic) bond motifs is 1. The van der Waals surface area contributed by atoms with E-state index >= 15 is 0 Å². The number of hydrogen-bond acceptors (Lipinski definition) is 7. The number of esters is 1. The Hall–Kier alpha value is -1.77. The third-order valence-electron chi connectivity index (χ3n) is 4.07. The van der Waals surface area contributed by atoms with E-state index in [0.29, 0.717) is 11.5 Å². The summed E-state index contributed by atoms with van der Waals surface area (Å²) in [6, 6.07) is 2.90. The highest BCUT2D eigenvalue weighted by Crippen LogP contribution is 2.33. The SMILES string of the molecule is COC(=O)c1cc2c(c(B(O)OC(C)(C)C(C)(C)O)c1)OCO2. The lowest BCUT2D eigenvalue weighted by Crippen LogP contribution is -2.53. The van der Waals surface area contributed by atoms with Crippen LogP contribution in [0.5, 0.6) is 11.5 Å². The van der Waals surface area contributed by atoms with Crippen LogP contribution in [0, 0.1) is 0 Å². The molecule has 23 heavy (non-hydrogen) atoms. The van der Waals surface area contributed by atoms with Gasteiger partial charge >= 0.3 is 13.1 Å². The smallest absolute Gasteiger partial charge is 0.465 e. The predicted molar refractivity (Wildman–Crippen MR) is 83.0 cm³/mol. The van der Waals surface area contributed by atoms with Gasteiger partial charge in [0.25, 0.3) is 0 Å². The second-order valence-corrected chi connectivity index (χ2v) is 6.33. The number of carbonyl (C=O) groups excluding carboxylic acids is 1. The Morgan fingerprint density at radius 1 is 1.26 bits per heavy atom. The molecule has 0 aromatic heterocycles. The molecule has 0 atom stereocenters. The summed E-state index contributed by atoms with van der Waals surface area (Å²) in [7, 11) is -0.159. The summed E-state index contributed by atoms with van der Waals surface area (Å²) in [6.45, 7) is 6.44. The molecular formula is C15H21BO7. The lowest BCUT2D eigenvalue weighted by atomic mass is 9.75. The molecule has 0 radical (unpaired) electrons. The third-order valence-corrected chi connectivity index (χ3v) is 4.07. The zero-order valence-electron chi connectivity index (χ0n) is 13.9. The first-order chi connectivity index (χ1) is 10.6. The van der Waals surface area contributed by atoms with Crippen molar-refractivity contribution < 1.29 is 33.8 Å². The molecule has 0 amide bonds. The fourth-order valence-electron chi connectivity index (χ4n) is 1.94. The summed E-state index contributed by atoms with van der Waals surface area (Å²) in [4.78, 5) is 11.8. The topological polar surface area (TPSA) is 94.5 Å². The third kappa shape index (κ3) is 3.44. The van der Waals surface area contributed by atoms with Crippen LogP contribution in [0.4, 0.5) is 0 Å². The maximum atomic E-state index is 11.8. The van der Waals surface area contributed by atoms with Crippen LogP contribution in [-0.4, -0.2) is 48.3 Å². The van der Waals surface area contributed by atoms with Crippen molar-refractivity contribution in [3.63, 3.8) is 0 Å². The van der Waals surface area contributed by atoms with Gasteiger partial charge in [-0.05, 0) is 39.8 Å². The highest BCUT2D eigenvalue weighted by molar-refractivity contribution is 6.61. The molecule has 0 bridgehead atoms. The van der Waals surface area contributed by atoms with Crippen molar-refractivity contribution in [3.8, 4) is 11.5 Å². The maximum Gasteiger partial charge on any atom is 0.495 e. The van der Waals surface area contributed by atoms with Gasteiger partial charge in [-0.25, -0.2) is 4.79 Å². The Labute approximate surface area is 135 Å². The Kier molecular flexibility index (Phi) is 4.61. The van der Waals surface area contributed by atoms with Crippen molar-refractivity contribution in [2.45, 2.75) is 38.9 Å². The van der Waals surface area contributed by atoms with Crippen molar-refractivity contribution in [2.24, 2.45) is 0 Å². The molecule has 1 heterocycles. The van der Waals surface area contributed by atoms with Crippen molar-refractivity contribution in [1.82, 2.24) is 0 Å². The van der Waals surface area contributed by atoms with Crippen LogP contribution in [0.1, 0.15) is 38.1 Å². The van der Waals surface area contributed by atoms with Crippen molar-refractivity contribution in [2.75, 3.05) is 13.9 Å². The molecule has 1 aliphatic heterocycles. The van der Waals surface area contributed by atoms with E-state index in [0.717, 1.165) is 0 Å². The quantitative estimate of drug-likeness (QED) is 0.600. The van der Waals surface area contributed by atoms with Crippen LogP contribution in [0.3, 0.4) is 0 Å². The normalized spacial score (nSPS) is 13.9. The molecule has 2 rings (SSSR count). The lowest BCUT2D eigenvalue weighted by molar-refractivity contribution is -0.0983. The molecule has 0 saturated carbocycles. The van der Waals surface area contributed by atoms with Crippen LogP contribution in [0.25, 0.3) is 0 Å². The zero-order chi connectivity index (χ0) is 17.4. The van der Waals surface area contributed by atoms with E-state index in [1.54, 1.807) is 27.7 Å². The monoisotopic (exact) mass is 324 g/mol. The van der Waals surface area contributed by atoms with E-state index in [-0.39, 0.29) is 17.8 Å². The minimum atomic E-state index is -1.42. The fraction of sp³-hybridized carbons (Fsp3) is 0.533. The zero-order valence-corrected chi connectivity index (χ0v) is 13.9. The second kappa shape index (κ2) is 6.03. The molecule has 126 valence electrons. The Balaban J connectivity index is 2.38. The minimum Gasteiger partial charge on any atom is -0.465 e. The van der Waals surface area contributed by atoms with Gasteiger partial charge in [-0.15, -0.1) is 0 Å². The van der Waals surface area contributed by atoms with Crippen molar-refractivity contribution in [3.05, 3.63) is 17.7 Å². The summed E-state index contributed by atoms with van der Waals surface area (Å²) >= 11 is 0. The largest absolute Gasteiger partial charge is 0.495 e. The maximum absolute atomic E-state index is 11.8. The van der Waals surface area contributed by atoms with Crippen LogP contribution >= 0.6 is 0 Å². The van der Waals surface area contributed by atoms with Crippen molar-refractivity contribution >= 4 is 18.6 Å². The van der Waals surface area contributed by atoms with E-state index in [2.05, 4.69) is 4.74 Å². The molecule has 0 saturated heterocycles. The van der Waals surface area contributed by atoms with Gasteiger partial charge in [0.2, 0.25) is 6.79 Å². The van der Waals surface area contributed by atoms with E-state index in [1.165, 1.54) is 19.2 Å². The summed E-state index contributed by atoms with van der Waals surface area (Å²) in [6.07, 6.45) is 0. The van der Waals surface area contributed by atoms with Crippen LogP contribution < -0.4 is 14.9 Å². The molecular weight excluding hydrogens is 303 g/mol. The van der Waals surface area contributed by atoms with Gasteiger partial charge in [0.05, 0.1) is 23.9 Å².